The van der Waals surface area contributed by atoms with Crippen LogP contribution in [0.1, 0.15) is 23.8 Å². The highest BCUT2D eigenvalue weighted by Gasteiger charge is 2.23. The van der Waals surface area contributed by atoms with Crippen LogP contribution in [0, 0.1) is 0 Å². The predicted octanol–water partition coefficient (Wildman–Crippen LogP) is 3.37. The number of aryl methyl sites for hydroxylation is 2. The van der Waals surface area contributed by atoms with Crippen molar-refractivity contribution in [3.63, 3.8) is 0 Å². The number of aromatic nitrogens is 2. The second-order valence-electron chi connectivity index (χ2n) is 5.15. The molecule has 0 saturated heterocycles. The van der Waals surface area contributed by atoms with E-state index in [1.807, 2.05) is 23.1 Å². The van der Waals surface area contributed by atoms with Crippen LogP contribution >= 0.6 is 23.1 Å². The van der Waals surface area contributed by atoms with E-state index in [9.17, 15) is 0 Å². The van der Waals surface area contributed by atoms with Gasteiger partial charge in [0.05, 0.1) is 5.39 Å². The van der Waals surface area contributed by atoms with Crippen molar-refractivity contribution in [1.82, 2.24) is 9.97 Å². The Morgan fingerprint density at radius 3 is 3.05 bits per heavy atom. The van der Waals surface area contributed by atoms with E-state index in [1.54, 1.807) is 6.33 Å². The van der Waals surface area contributed by atoms with Gasteiger partial charge >= 0.3 is 0 Å². The van der Waals surface area contributed by atoms with Crippen LogP contribution in [0.2, 0.25) is 0 Å². The molecule has 1 aliphatic rings. The summed E-state index contributed by atoms with van der Waals surface area (Å²) in [5.74, 6) is 2.24. The van der Waals surface area contributed by atoms with Crippen LogP contribution in [0.5, 0.6) is 0 Å². The Kier molecular flexibility index (Phi) is 3.67. The summed E-state index contributed by atoms with van der Waals surface area (Å²) >= 11 is 3.74. The summed E-state index contributed by atoms with van der Waals surface area (Å²) in [5, 5.41) is 1.32. The molecule has 0 bridgehead atoms. The third-order valence-corrected chi connectivity index (χ3v) is 5.90. The minimum atomic E-state index is 0.491. The lowest BCUT2D eigenvalue weighted by Gasteiger charge is -2.26. The normalized spacial score (nSPS) is 15.7. The van der Waals surface area contributed by atoms with Gasteiger partial charge in [0, 0.05) is 23.7 Å². The van der Waals surface area contributed by atoms with E-state index in [0.717, 1.165) is 16.4 Å². The van der Waals surface area contributed by atoms with Gasteiger partial charge in [-0.25, -0.2) is 9.97 Å². The molecule has 2 heterocycles. The fraction of sp³-hybridized carbons (Fsp3) is 0.571. The maximum atomic E-state index is 4.57. The van der Waals surface area contributed by atoms with E-state index in [4.69, 9.17) is 0 Å². The summed E-state index contributed by atoms with van der Waals surface area (Å²) in [5.41, 5.74) is 1.51. The average molecular weight is 293 g/mol. The highest BCUT2D eigenvalue weighted by molar-refractivity contribution is 7.98. The highest BCUT2D eigenvalue weighted by Crippen LogP contribution is 2.40. The number of hydrogen-bond donors (Lipinski definition) is 0. The van der Waals surface area contributed by atoms with Crippen LogP contribution in [0.4, 0.5) is 5.82 Å². The smallest absolute Gasteiger partial charge is 0.141 e. The van der Waals surface area contributed by atoms with Crippen molar-refractivity contribution in [3.8, 4) is 0 Å². The Balaban J connectivity index is 2.08. The average Bonchev–Trinajstić information content (AvgIpc) is 2.97. The number of fused-ring (bicyclic) bond motifs is 3. The quantitative estimate of drug-likeness (QED) is 0.864. The molecule has 2 aromatic heterocycles. The Bertz CT molecular complexity index is 594. The number of thiophene rings is 1. The first-order valence-corrected chi connectivity index (χ1v) is 8.90. The van der Waals surface area contributed by atoms with E-state index in [-0.39, 0.29) is 0 Å². The van der Waals surface area contributed by atoms with Gasteiger partial charge in [-0.3, -0.25) is 0 Å². The lowest BCUT2D eigenvalue weighted by atomic mass is 10.1. The molecule has 0 fully saturated rings. The van der Waals surface area contributed by atoms with Gasteiger partial charge in [-0.05, 0) is 38.0 Å². The van der Waals surface area contributed by atoms with E-state index in [2.05, 4.69) is 35.1 Å². The molecule has 1 atom stereocenters. The molecule has 2 aromatic rings. The molecule has 1 unspecified atom stereocenters. The van der Waals surface area contributed by atoms with E-state index in [0.29, 0.717) is 6.04 Å². The standard InChI is InChI=1S/C14H19N3S2/c1-9(7-18-3)17(2)13-12-10-5-4-6-11(10)19-14(12)16-8-15-13/h8-9H,4-7H2,1-3H3. The monoisotopic (exact) mass is 293 g/mol. The molecule has 0 saturated carbocycles. The van der Waals surface area contributed by atoms with Crippen LogP contribution in [-0.4, -0.2) is 35.1 Å². The van der Waals surface area contributed by atoms with Gasteiger partial charge in [-0.1, -0.05) is 0 Å². The second-order valence-corrected chi connectivity index (χ2v) is 7.14. The molecule has 102 valence electrons. The van der Waals surface area contributed by atoms with Gasteiger partial charge in [-0.2, -0.15) is 11.8 Å². The molecule has 0 N–H and O–H groups in total. The zero-order chi connectivity index (χ0) is 13.4. The Labute approximate surface area is 122 Å². The van der Waals surface area contributed by atoms with Gasteiger partial charge in [0.2, 0.25) is 0 Å². The van der Waals surface area contributed by atoms with Crippen molar-refractivity contribution >= 4 is 39.1 Å². The van der Waals surface area contributed by atoms with Crippen molar-refractivity contribution < 1.29 is 0 Å². The Hall–Kier alpha value is -0.810. The molecule has 0 spiro atoms. The van der Waals surface area contributed by atoms with Crippen molar-refractivity contribution in [2.45, 2.75) is 32.2 Å². The summed E-state index contributed by atoms with van der Waals surface area (Å²) in [4.78, 5) is 14.0. The fourth-order valence-corrected chi connectivity index (χ4v) is 4.67. The van der Waals surface area contributed by atoms with Crippen molar-refractivity contribution in [2.24, 2.45) is 0 Å². The molecule has 5 heteroatoms. The van der Waals surface area contributed by atoms with Crippen molar-refractivity contribution in [3.05, 3.63) is 16.8 Å². The van der Waals surface area contributed by atoms with Crippen molar-refractivity contribution in [1.29, 1.82) is 0 Å². The second kappa shape index (κ2) is 5.29. The molecule has 0 aromatic carbocycles. The number of rotatable bonds is 4. The zero-order valence-electron chi connectivity index (χ0n) is 11.6. The first-order valence-electron chi connectivity index (χ1n) is 6.69. The molecular weight excluding hydrogens is 274 g/mol. The molecule has 0 aliphatic heterocycles. The highest BCUT2D eigenvalue weighted by atomic mass is 32.2. The van der Waals surface area contributed by atoms with Gasteiger partial charge in [0.1, 0.15) is 17.0 Å². The summed E-state index contributed by atoms with van der Waals surface area (Å²) in [7, 11) is 2.15. The molecule has 3 rings (SSSR count). The fourth-order valence-electron chi connectivity index (χ4n) is 2.74. The lowest BCUT2D eigenvalue weighted by Crippen LogP contribution is -2.31. The zero-order valence-corrected chi connectivity index (χ0v) is 13.3. The molecular formula is C14H19N3S2. The summed E-state index contributed by atoms with van der Waals surface area (Å²) in [6.45, 7) is 2.26. The molecule has 1 aliphatic carbocycles. The Morgan fingerprint density at radius 1 is 1.42 bits per heavy atom. The minimum Gasteiger partial charge on any atom is -0.355 e. The Morgan fingerprint density at radius 2 is 2.26 bits per heavy atom. The summed E-state index contributed by atoms with van der Waals surface area (Å²) < 4.78 is 0. The lowest BCUT2D eigenvalue weighted by molar-refractivity contribution is 0.755. The van der Waals surface area contributed by atoms with Crippen LogP contribution in [0.15, 0.2) is 6.33 Å². The minimum absolute atomic E-state index is 0.491. The van der Waals surface area contributed by atoms with Gasteiger partial charge in [0.25, 0.3) is 0 Å². The van der Waals surface area contributed by atoms with Gasteiger partial charge in [0.15, 0.2) is 0 Å². The largest absolute Gasteiger partial charge is 0.355 e. The van der Waals surface area contributed by atoms with E-state index >= 15 is 0 Å². The first-order chi connectivity index (χ1) is 9.22. The SMILES string of the molecule is CSCC(C)N(C)c1ncnc2sc3c(c12)CCC3. The molecule has 0 amide bonds. The molecule has 3 nitrogen and oxygen atoms in total. The number of thioether (sulfide) groups is 1. The van der Waals surface area contributed by atoms with Gasteiger partial charge in [-0.15, -0.1) is 11.3 Å². The first kappa shape index (κ1) is 13.2. The summed E-state index contributed by atoms with van der Waals surface area (Å²) in [6, 6.07) is 0.491. The maximum Gasteiger partial charge on any atom is 0.141 e. The molecule has 19 heavy (non-hydrogen) atoms. The topological polar surface area (TPSA) is 29.0 Å². The third-order valence-electron chi connectivity index (χ3n) is 3.88. The number of nitrogens with zero attached hydrogens (tertiary/aromatic N) is 3. The van der Waals surface area contributed by atoms with Crippen LogP contribution in [-0.2, 0) is 12.8 Å². The maximum absolute atomic E-state index is 4.57. The van der Waals surface area contributed by atoms with E-state index in [1.165, 1.54) is 35.1 Å². The number of hydrogen-bond acceptors (Lipinski definition) is 5. The van der Waals surface area contributed by atoms with Crippen LogP contribution < -0.4 is 4.90 Å². The van der Waals surface area contributed by atoms with E-state index < -0.39 is 0 Å². The predicted molar refractivity (Wildman–Crippen MR) is 85.7 cm³/mol. The summed E-state index contributed by atoms with van der Waals surface area (Å²) in [6.07, 6.45) is 7.57. The van der Waals surface area contributed by atoms with Crippen LogP contribution in [0.3, 0.4) is 0 Å². The van der Waals surface area contributed by atoms with Crippen LogP contribution in [0.25, 0.3) is 10.2 Å². The van der Waals surface area contributed by atoms with Gasteiger partial charge < -0.3 is 4.90 Å². The molecule has 0 radical (unpaired) electrons. The van der Waals surface area contributed by atoms with Crippen molar-refractivity contribution in [2.75, 3.05) is 24.0 Å². The number of anilines is 1. The third kappa shape index (κ3) is 2.23.